The molecule has 198 valence electrons. The molecule has 9 nitrogen and oxygen atoms in total. The minimum atomic E-state index is -0.979. The highest BCUT2D eigenvalue weighted by Gasteiger charge is 2.32. The molecule has 1 aromatic carbocycles. The van der Waals surface area contributed by atoms with Gasteiger partial charge in [-0.25, -0.2) is 9.78 Å². The van der Waals surface area contributed by atoms with Crippen LogP contribution >= 0.6 is 0 Å². The highest BCUT2D eigenvalue weighted by atomic mass is 16.2. The van der Waals surface area contributed by atoms with Gasteiger partial charge in [0.2, 0.25) is 11.8 Å². The second-order valence-corrected chi connectivity index (χ2v) is 10.4. The van der Waals surface area contributed by atoms with Crippen molar-refractivity contribution < 1.29 is 14.4 Å². The van der Waals surface area contributed by atoms with Crippen LogP contribution in [0.25, 0.3) is 11.0 Å². The number of nitrogens with one attached hydrogen (secondary N) is 3. The van der Waals surface area contributed by atoms with E-state index in [1.54, 1.807) is 11.9 Å². The van der Waals surface area contributed by atoms with E-state index in [2.05, 4.69) is 27.5 Å². The Hall–Kier alpha value is -3.10. The number of aryl methyl sites for hydroxylation is 1. The van der Waals surface area contributed by atoms with Crippen molar-refractivity contribution in [3.8, 4) is 0 Å². The van der Waals surface area contributed by atoms with Crippen LogP contribution < -0.4 is 10.6 Å². The monoisotopic (exact) mass is 498 g/mol. The van der Waals surface area contributed by atoms with Gasteiger partial charge in [0.15, 0.2) is 0 Å². The largest absolute Gasteiger partial charge is 0.345 e. The summed E-state index contributed by atoms with van der Waals surface area (Å²) in [6.07, 6.45) is 3.86. The van der Waals surface area contributed by atoms with Crippen LogP contribution in [0.4, 0.5) is 4.79 Å². The average molecular weight is 499 g/mol. The van der Waals surface area contributed by atoms with E-state index < -0.39 is 18.0 Å². The van der Waals surface area contributed by atoms with E-state index in [-0.39, 0.29) is 30.3 Å². The second kappa shape index (κ2) is 12.2. The third kappa shape index (κ3) is 6.77. The van der Waals surface area contributed by atoms with Gasteiger partial charge in [0, 0.05) is 26.2 Å². The molecule has 1 aromatic heterocycles. The number of rotatable bonds is 9. The summed E-state index contributed by atoms with van der Waals surface area (Å²) in [5.41, 5.74) is 2.81. The number of hydrogen-bond donors (Lipinski definition) is 3. The number of fused-ring (bicyclic) bond motifs is 1. The van der Waals surface area contributed by atoms with Gasteiger partial charge >= 0.3 is 6.03 Å². The molecule has 1 aliphatic heterocycles. The fourth-order valence-corrected chi connectivity index (χ4v) is 4.93. The van der Waals surface area contributed by atoms with Crippen molar-refractivity contribution >= 4 is 28.9 Å². The van der Waals surface area contributed by atoms with Gasteiger partial charge in [-0.05, 0) is 57.1 Å². The molecule has 0 spiro atoms. The number of hydrogen-bond acceptors (Lipinski definition) is 4. The van der Waals surface area contributed by atoms with Crippen molar-refractivity contribution in [2.24, 2.45) is 5.92 Å². The van der Waals surface area contributed by atoms with E-state index >= 15 is 0 Å². The number of nitrogens with zero attached hydrogens (tertiary/aromatic N) is 3. The summed E-state index contributed by atoms with van der Waals surface area (Å²) in [7, 11) is 1.70. The first-order valence-corrected chi connectivity index (χ1v) is 13.2. The summed E-state index contributed by atoms with van der Waals surface area (Å²) < 4.78 is 0. The minimum Gasteiger partial charge on any atom is -0.345 e. The Balaban J connectivity index is 1.76. The first-order valence-electron chi connectivity index (χ1n) is 13.2. The number of carbonyl (C=O) groups is 3. The van der Waals surface area contributed by atoms with Gasteiger partial charge in [0.1, 0.15) is 11.9 Å². The Kier molecular flexibility index (Phi) is 9.34. The molecule has 0 radical (unpaired) electrons. The number of H-pyrrole nitrogens is 1. The smallest absolute Gasteiger partial charge is 0.317 e. The maximum Gasteiger partial charge on any atom is 0.317 e. The van der Waals surface area contributed by atoms with Gasteiger partial charge < -0.3 is 25.4 Å². The van der Waals surface area contributed by atoms with Crippen LogP contribution in [0.1, 0.15) is 77.2 Å². The quantitative estimate of drug-likeness (QED) is 0.487. The van der Waals surface area contributed by atoms with Crippen LogP contribution in [0.15, 0.2) is 18.2 Å². The molecular formula is C27H42N6O3. The molecule has 0 unspecified atom stereocenters. The van der Waals surface area contributed by atoms with E-state index in [4.69, 9.17) is 0 Å². The first kappa shape index (κ1) is 27.5. The van der Waals surface area contributed by atoms with Crippen LogP contribution in [0.3, 0.4) is 0 Å². The molecule has 1 fully saturated rings. The minimum absolute atomic E-state index is 0.0739. The predicted molar refractivity (Wildman–Crippen MR) is 141 cm³/mol. The first-order chi connectivity index (χ1) is 17.1. The number of imidazole rings is 1. The van der Waals surface area contributed by atoms with Gasteiger partial charge in [-0.2, -0.15) is 0 Å². The molecule has 4 amide bonds. The molecule has 0 aliphatic carbocycles. The Bertz CT molecular complexity index is 1060. The van der Waals surface area contributed by atoms with E-state index in [1.165, 1.54) is 0 Å². The zero-order chi connectivity index (χ0) is 26.4. The van der Waals surface area contributed by atoms with Crippen molar-refractivity contribution in [3.05, 3.63) is 29.6 Å². The normalized spacial score (nSPS) is 17.6. The lowest BCUT2D eigenvalue weighted by atomic mass is 9.99. The highest BCUT2D eigenvalue weighted by Crippen LogP contribution is 2.22. The zero-order valence-electron chi connectivity index (χ0n) is 22.6. The van der Waals surface area contributed by atoms with Gasteiger partial charge in [-0.3, -0.25) is 9.59 Å². The Labute approximate surface area is 214 Å². The zero-order valence-corrected chi connectivity index (χ0v) is 22.6. The maximum absolute atomic E-state index is 13.4. The summed E-state index contributed by atoms with van der Waals surface area (Å²) >= 11 is 0. The second-order valence-electron chi connectivity index (χ2n) is 10.4. The van der Waals surface area contributed by atoms with E-state index in [0.717, 1.165) is 42.3 Å². The molecule has 9 heteroatoms. The fraction of sp³-hybridized carbons (Fsp3) is 0.630. The van der Waals surface area contributed by atoms with Crippen LogP contribution in [-0.4, -0.2) is 69.8 Å². The Morgan fingerprint density at radius 3 is 2.61 bits per heavy atom. The number of aromatic amines is 1. The highest BCUT2D eigenvalue weighted by molar-refractivity contribution is 5.92. The van der Waals surface area contributed by atoms with Crippen LogP contribution in [-0.2, 0) is 9.59 Å². The van der Waals surface area contributed by atoms with Crippen LogP contribution in [0.2, 0.25) is 0 Å². The average Bonchev–Trinajstić information content (AvgIpc) is 3.29. The summed E-state index contributed by atoms with van der Waals surface area (Å²) in [4.78, 5) is 50.9. The van der Waals surface area contributed by atoms with Crippen molar-refractivity contribution in [1.29, 1.82) is 0 Å². The van der Waals surface area contributed by atoms with Gasteiger partial charge in [-0.15, -0.1) is 0 Å². The summed E-state index contributed by atoms with van der Waals surface area (Å²) in [5, 5.41) is 5.77. The number of benzene rings is 1. The van der Waals surface area contributed by atoms with Gasteiger partial charge in [-0.1, -0.05) is 32.9 Å². The van der Waals surface area contributed by atoms with Crippen LogP contribution in [0.5, 0.6) is 0 Å². The summed E-state index contributed by atoms with van der Waals surface area (Å²) in [6, 6.07) is 4.31. The van der Waals surface area contributed by atoms with Gasteiger partial charge in [0.05, 0.1) is 23.5 Å². The number of urea groups is 1. The SMILES string of the molecule is CC[C@H]1CCCCN1C(=O)C[C@H](NC(=O)N(C)CC(C)C)C(=O)N[C@@H](C)c1nc2c(C)cccc2[nH]1. The van der Waals surface area contributed by atoms with E-state index in [0.29, 0.717) is 18.9 Å². The number of aromatic nitrogens is 2. The fourth-order valence-electron chi connectivity index (χ4n) is 4.93. The lowest BCUT2D eigenvalue weighted by molar-refractivity contribution is -0.138. The van der Waals surface area contributed by atoms with Crippen molar-refractivity contribution in [2.75, 3.05) is 20.1 Å². The third-order valence-corrected chi connectivity index (χ3v) is 6.90. The number of piperidine rings is 1. The number of para-hydroxylation sites is 1. The summed E-state index contributed by atoms with van der Waals surface area (Å²) in [6.45, 7) is 11.2. The lowest BCUT2D eigenvalue weighted by Gasteiger charge is -2.36. The molecule has 3 rings (SSSR count). The third-order valence-electron chi connectivity index (χ3n) is 6.90. The lowest BCUT2D eigenvalue weighted by Crippen LogP contribution is -2.54. The molecule has 2 aromatic rings. The van der Waals surface area contributed by atoms with Crippen molar-refractivity contribution in [1.82, 2.24) is 30.4 Å². The molecule has 0 bridgehead atoms. The van der Waals surface area contributed by atoms with Crippen LogP contribution in [0, 0.1) is 12.8 Å². The van der Waals surface area contributed by atoms with Crippen molar-refractivity contribution in [2.45, 2.75) is 84.8 Å². The molecule has 0 saturated carbocycles. The number of likely N-dealkylation sites (tertiary alicyclic amines) is 1. The summed E-state index contributed by atoms with van der Waals surface area (Å²) in [5.74, 6) is 0.415. The Morgan fingerprint density at radius 2 is 1.94 bits per heavy atom. The standard InChI is InChI=1S/C27H42N6O3/c1-7-20-12-8-9-14-33(20)23(34)15-22(30-27(36)32(6)16-17(2)3)26(35)28-19(5)25-29-21-13-10-11-18(4)24(21)31-25/h10-11,13,17,19-20,22H,7-9,12,14-16H2,1-6H3,(H,28,35)(H,29,31)(H,30,36)/t19-,20-,22-/m0/s1. The molecule has 36 heavy (non-hydrogen) atoms. The van der Waals surface area contributed by atoms with E-state index in [1.807, 2.05) is 50.8 Å². The Morgan fingerprint density at radius 1 is 1.19 bits per heavy atom. The molecule has 2 heterocycles. The number of amides is 4. The maximum atomic E-state index is 13.4. The van der Waals surface area contributed by atoms with E-state index in [9.17, 15) is 14.4 Å². The van der Waals surface area contributed by atoms with Gasteiger partial charge in [0.25, 0.3) is 0 Å². The predicted octanol–water partition coefficient (Wildman–Crippen LogP) is 3.90. The topological polar surface area (TPSA) is 110 Å². The molecule has 3 N–H and O–H groups in total. The van der Waals surface area contributed by atoms with Crippen molar-refractivity contribution in [3.63, 3.8) is 0 Å². The molecule has 3 atom stereocenters. The molecule has 1 aliphatic rings. The molecule has 1 saturated heterocycles. The number of carbonyl (C=O) groups excluding carboxylic acids is 3. The molecular weight excluding hydrogens is 456 g/mol.